The summed E-state index contributed by atoms with van der Waals surface area (Å²) in [5.41, 5.74) is 0.0978. The van der Waals surface area contributed by atoms with Crippen LogP contribution in [0, 0.1) is 5.82 Å². The van der Waals surface area contributed by atoms with Gasteiger partial charge < -0.3 is 14.7 Å². The summed E-state index contributed by atoms with van der Waals surface area (Å²) < 4.78 is 59.8. The van der Waals surface area contributed by atoms with Gasteiger partial charge in [0.15, 0.2) is 0 Å². The molecule has 196 valence electrons. The molecule has 0 bridgehead atoms. The Morgan fingerprint density at radius 3 is 2.51 bits per heavy atom. The summed E-state index contributed by atoms with van der Waals surface area (Å²) in [5, 5.41) is 8.73. The van der Waals surface area contributed by atoms with Crippen LogP contribution in [0.4, 0.5) is 23.2 Å². The lowest BCUT2D eigenvalue weighted by molar-refractivity contribution is -0.138. The SMILES string of the molecule is COc1cc(F)ccc1-c1ccncc1N(C)C(=O)c1cc(SCCCCC(=O)O)cc(C(F)(F)F)c1. The predicted molar refractivity (Wildman–Crippen MR) is 133 cm³/mol. The quantitative estimate of drug-likeness (QED) is 0.180. The Morgan fingerprint density at radius 1 is 1.08 bits per heavy atom. The van der Waals surface area contributed by atoms with E-state index in [0.717, 1.165) is 23.9 Å². The molecule has 6 nitrogen and oxygen atoms in total. The Kier molecular flexibility index (Phi) is 9.14. The number of ether oxygens (including phenoxy) is 1. The number of carbonyl (C=O) groups excluding carboxylic acids is 1. The van der Waals surface area contributed by atoms with Crippen LogP contribution in [0.3, 0.4) is 0 Å². The molecule has 0 saturated carbocycles. The number of hydrogen-bond donors (Lipinski definition) is 1. The van der Waals surface area contributed by atoms with E-state index in [1.807, 2.05) is 0 Å². The van der Waals surface area contributed by atoms with Gasteiger partial charge in [0.25, 0.3) is 5.91 Å². The number of methoxy groups -OCH3 is 1. The third-order valence-electron chi connectivity index (χ3n) is 5.45. The summed E-state index contributed by atoms with van der Waals surface area (Å²) in [6.45, 7) is 0. The molecule has 0 atom stereocenters. The Bertz CT molecular complexity index is 1280. The van der Waals surface area contributed by atoms with Crippen LogP contribution in [-0.2, 0) is 11.0 Å². The van der Waals surface area contributed by atoms with Gasteiger partial charge in [-0.3, -0.25) is 14.6 Å². The summed E-state index contributed by atoms with van der Waals surface area (Å²) in [4.78, 5) is 29.5. The van der Waals surface area contributed by atoms with Crippen molar-refractivity contribution in [2.75, 3.05) is 24.8 Å². The summed E-state index contributed by atoms with van der Waals surface area (Å²) in [6.07, 6.45) is -0.940. The number of pyridine rings is 1. The van der Waals surface area contributed by atoms with Gasteiger partial charge in [-0.25, -0.2) is 4.39 Å². The van der Waals surface area contributed by atoms with E-state index in [1.165, 1.54) is 55.7 Å². The van der Waals surface area contributed by atoms with E-state index in [9.17, 15) is 27.2 Å². The van der Waals surface area contributed by atoms with Gasteiger partial charge in [0.1, 0.15) is 11.6 Å². The van der Waals surface area contributed by atoms with Gasteiger partial charge in [-0.15, -0.1) is 11.8 Å². The van der Waals surface area contributed by atoms with Crippen molar-refractivity contribution in [1.82, 2.24) is 4.98 Å². The van der Waals surface area contributed by atoms with E-state index < -0.39 is 29.4 Å². The molecule has 3 rings (SSSR count). The molecule has 2 aromatic carbocycles. The van der Waals surface area contributed by atoms with Crippen molar-refractivity contribution in [2.45, 2.75) is 30.3 Å². The number of carboxylic acids is 1. The highest BCUT2D eigenvalue weighted by molar-refractivity contribution is 7.99. The first-order valence-electron chi connectivity index (χ1n) is 11.1. The minimum absolute atomic E-state index is 0.0238. The van der Waals surface area contributed by atoms with E-state index in [4.69, 9.17) is 9.84 Å². The van der Waals surface area contributed by atoms with Crippen molar-refractivity contribution in [2.24, 2.45) is 0 Å². The summed E-state index contributed by atoms with van der Waals surface area (Å²) in [5.74, 6) is -1.54. The van der Waals surface area contributed by atoms with Crippen LogP contribution in [0.25, 0.3) is 11.1 Å². The number of carboxylic acid groups (broad SMARTS) is 1. The van der Waals surface area contributed by atoms with Gasteiger partial charge in [0.2, 0.25) is 0 Å². The zero-order valence-electron chi connectivity index (χ0n) is 20.0. The molecule has 1 aromatic heterocycles. The Labute approximate surface area is 215 Å². The number of thioether (sulfide) groups is 1. The number of unbranched alkanes of at least 4 members (excludes halogenated alkanes) is 1. The van der Waals surface area contributed by atoms with Gasteiger partial charge in [0, 0.05) is 47.3 Å². The maximum atomic E-state index is 13.7. The maximum Gasteiger partial charge on any atom is 0.416 e. The van der Waals surface area contributed by atoms with Gasteiger partial charge in [-0.05, 0) is 55.0 Å². The summed E-state index contributed by atoms with van der Waals surface area (Å²) in [6, 6.07) is 8.64. The lowest BCUT2D eigenvalue weighted by atomic mass is 10.0. The number of rotatable bonds is 10. The van der Waals surface area contributed by atoms with Crippen LogP contribution in [0.1, 0.15) is 35.2 Å². The topological polar surface area (TPSA) is 79.7 Å². The van der Waals surface area contributed by atoms with Crippen LogP contribution < -0.4 is 9.64 Å². The third kappa shape index (κ3) is 7.22. The van der Waals surface area contributed by atoms with Crippen molar-refractivity contribution in [3.8, 4) is 16.9 Å². The average molecular weight is 537 g/mol. The van der Waals surface area contributed by atoms with Crippen molar-refractivity contribution < 1.29 is 37.0 Å². The first-order chi connectivity index (χ1) is 17.5. The largest absolute Gasteiger partial charge is 0.496 e. The summed E-state index contributed by atoms with van der Waals surface area (Å²) >= 11 is 1.12. The lowest BCUT2D eigenvalue weighted by Gasteiger charge is -2.22. The number of aliphatic carboxylic acids is 1. The standard InChI is InChI=1S/C26H24F4N2O4S/c1-32(22-15-31-9-8-20(22)21-7-6-18(27)14-23(21)36-2)25(35)16-11-17(26(28,29)30)13-19(12-16)37-10-4-3-5-24(33)34/h6-9,11-15H,3-5,10H2,1-2H3,(H,33,34). The first kappa shape index (κ1) is 28.0. The highest BCUT2D eigenvalue weighted by Gasteiger charge is 2.32. The molecule has 1 N–H and O–H groups in total. The van der Waals surface area contributed by atoms with E-state index >= 15 is 0 Å². The molecule has 0 aliphatic heterocycles. The Hall–Kier alpha value is -3.60. The van der Waals surface area contributed by atoms with Crippen molar-refractivity contribution in [1.29, 1.82) is 0 Å². The molecular formula is C26H24F4N2O4S. The van der Waals surface area contributed by atoms with Crippen LogP contribution in [0.5, 0.6) is 5.75 Å². The number of alkyl halides is 3. The molecule has 37 heavy (non-hydrogen) atoms. The highest BCUT2D eigenvalue weighted by atomic mass is 32.2. The van der Waals surface area contributed by atoms with Gasteiger partial charge in [-0.2, -0.15) is 13.2 Å². The smallest absolute Gasteiger partial charge is 0.416 e. The number of aromatic nitrogens is 1. The molecule has 1 heterocycles. The minimum Gasteiger partial charge on any atom is -0.496 e. The molecule has 0 aliphatic carbocycles. The van der Waals surface area contributed by atoms with Gasteiger partial charge in [0.05, 0.1) is 24.6 Å². The number of carbonyl (C=O) groups is 2. The molecule has 0 fully saturated rings. The average Bonchev–Trinajstić information content (AvgIpc) is 2.86. The van der Waals surface area contributed by atoms with Crippen molar-refractivity contribution >= 4 is 29.3 Å². The number of nitrogens with zero attached hydrogens (tertiary/aromatic N) is 2. The van der Waals surface area contributed by atoms with Crippen LogP contribution >= 0.6 is 11.8 Å². The summed E-state index contributed by atoms with van der Waals surface area (Å²) in [7, 11) is 2.79. The molecular weight excluding hydrogens is 512 g/mol. The van der Waals surface area contributed by atoms with E-state index in [0.29, 0.717) is 29.7 Å². The molecule has 0 unspecified atom stereocenters. The number of anilines is 1. The highest BCUT2D eigenvalue weighted by Crippen LogP contribution is 2.38. The van der Waals surface area contributed by atoms with Gasteiger partial charge >= 0.3 is 12.1 Å². The molecule has 0 aliphatic rings. The number of hydrogen-bond acceptors (Lipinski definition) is 5. The fourth-order valence-electron chi connectivity index (χ4n) is 3.61. The maximum absolute atomic E-state index is 13.7. The van der Waals surface area contributed by atoms with E-state index in [1.54, 1.807) is 6.07 Å². The molecule has 3 aromatic rings. The molecule has 0 saturated heterocycles. The predicted octanol–water partition coefficient (Wildman–Crippen LogP) is 6.54. The number of halogens is 4. The lowest BCUT2D eigenvalue weighted by Crippen LogP contribution is -2.27. The Balaban J connectivity index is 1.94. The fraction of sp³-hybridized carbons (Fsp3) is 0.269. The molecule has 1 amide bonds. The van der Waals surface area contributed by atoms with Crippen LogP contribution in [0.2, 0.25) is 0 Å². The number of benzene rings is 2. The molecule has 0 radical (unpaired) electrons. The Morgan fingerprint density at radius 2 is 1.84 bits per heavy atom. The second-order valence-corrected chi connectivity index (χ2v) is 9.21. The number of amides is 1. The fourth-order valence-corrected chi connectivity index (χ4v) is 4.61. The van der Waals surface area contributed by atoms with Crippen LogP contribution in [0.15, 0.2) is 59.8 Å². The van der Waals surface area contributed by atoms with E-state index in [2.05, 4.69) is 4.98 Å². The zero-order chi connectivity index (χ0) is 27.2. The zero-order valence-corrected chi connectivity index (χ0v) is 20.8. The molecule has 0 spiro atoms. The third-order valence-corrected chi connectivity index (χ3v) is 6.52. The van der Waals surface area contributed by atoms with E-state index in [-0.39, 0.29) is 28.3 Å². The minimum atomic E-state index is -4.67. The second-order valence-electron chi connectivity index (χ2n) is 8.04. The van der Waals surface area contributed by atoms with Crippen molar-refractivity contribution in [3.05, 3.63) is 71.8 Å². The first-order valence-corrected chi connectivity index (χ1v) is 12.1. The van der Waals surface area contributed by atoms with Crippen molar-refractivity contribution in [3.63, 3.8) is 0 Å². The normalized spacial score (nSPS) is 11.3. The van der Waals surface area contributed by atoms with Crippen LogP contribution in [-0.4, -0.2) is 41.9 Å². The van der Waals surface area contributed by atoms with Gasteiger partial charge in [-0.1, -0.05) is 0 Å². The second kappa shape index (κ2) is 12.1. The monoisotopic (exact) mass is 536 g/mol. The molecule has 11 heteroatoms.